The maximum atomic E-state index is 13.7. The zero-order valence-electron chi connectivity index (χ0n) is 11.6. The van der Waals surface area contributed by atoms with E-state index in [1.807, 2.05) is 6.92 Å². The van der Waals surface area contributed by atoms with Crippen LogP contribution in [0.2, 0.25) is 5.02 Å². The molecule has 0 radical (unpaired) electrons. The van der Waals surface area contributed by atoms with E-state index in [2.05, 4.69) is 5.32 Å². The van der Waals surface area contributed by atoms with Crippen LogP contribution in [0.25, 0.3) is 0 Å². The lowest BCUT2D eigenvalue weighted by Gasteiger charge is -2.12. The lowest BCUT2D eigenvalue weighted by Crippen LogP contribution is -2.13. The van der Waals surface area contributed by atoms with Gasteiger partial charge in [0.05, 0.1) is 0 Å². The molecular weight excluding hydrogens is 296 g/mol. The number of nitrogens with one attached hydrogen (secondary N) is 1. The average molecular weight is 312 g/mol. The van der Waals surface area contributed by atoms with Crippen LogP contribution in [0.4, 0.5) is 8.78 Å². The highest BCUT2D eigenvalue weighted by Crippen LogP contribution is 2.22. The fraction of sp³-hybridized carbons (Fsp3) is 0.250. The Morgan fingerprint density at radius 3 is 2.62 bits per heavy atom. The van der Waals surface area contributed by atoms with Gasteiger partial charge in [0, 0.05) is 22.7 Å². The van der Waals surface area contributed by atoms with Gasteiger partial charge in [0.2, 0.25) is 0 Å². The van der Waals surface area contributed by atoms with E-state index in [0.717, 1.165) is 6.54 Å². The van der Waals surface area contributed by atoms with Crippen molar-refractivity contribution in [2.24, 2.45) is 0 Å². The number of ether oxygens (including phenoxy) is 1. The number of halogens is 3. The van der Waals surface area contributed by atoms with Crippen molar-refractivity contribution in [2.75, 3.05) is 6.54 Å². The molecule has 0 bridgehead atoms. The van der Waals surface area contributed by atoms with Crippen molar-refractivity contribution in [1.82, 2.24) is 5.32 Å². The molecule has 2 aromatic carbocycles. The van der Waals surface area contributed by atoms with Gasteiger partial charge >= 0.3 is 0 Å². The topological polar surface area (TPSA) is 21.3 Å². The first kappa shape index (κ1) is 15.7. The summed E-state index contributed by atoms with van der Waals surface area (Å²) in [4.78, 5) is 0. The molecule has 0 atom stereocenters. The van der Waals surface area contributed by atoms with E-state index in [0.29, 0.717) is 28.4 Å². The molecule has 0 spiro atoms. The van der Waals surface area contributed by atoms with Crippen LogP contribution in [0, 0.1) is 11.6 Å². The maximum Gasteiger partial charge on any atom is 0.131 e. The highest BCUT2D eigenvalue weighted by atomic mass is 35.5. The molecule has 0 aliphatic carbocycles. The molecule has 1 N–H and O–H groups in total. The lowest BCUT2D eigenvalue weighted by molar-refractivity contribution is 0.295. The van der Waals surface area contributed by atoms with Crippen LogP contribution < -0.4 is 10.1 Å². The van der Waals surface area contributed by atoms with Gasteiger partial charge in [0.25, 0.3) is 0 Å². The van der Waals surface area contributed by atoms with Crippen molar-refractivity contribution in [3.8, 4) is 5.75 Å². The standard InChI is InChI=1S/C16H16ClF2NO/c1-2-20-9-12-7-14(18)5-6-16(12)21-10-11-3-4-13(17)8-15(11)19/h3-8,20H,2,9-10H2,1H3. The minimum Gasteiger partial charge on any atom is -0.488 e. The summed E-state index contributed by atoms with van der Waals surface area (Å²) in [7, 11) is 0. The molecule has 0 saturated carbocycles. The maximum absolute atomic E-state index is 13.7. The molecule has 0 saturated heterocycles. The van der Waals surface area contributed by atoms with Crippen LogP contribution in [-0.4, -0.2) is 6.54 Å². The minimum absolute atomic E-state index is 0.0633. The average Bonchev–Trinajstić information content (AvgIpc) is 2.45. The summed E-state index contributed by atoms with van der Waals surface area (Å²) >= 11 is 5.70. The summed E-state index contributed by atoms with van der Waals surface area (Å²) in [6, 6.07) is 8.71. The Labute approximate surface area is 127 Å². The van der Waals surface area contributed by atoms with E-state index in [4.69, 9.17) is 16.3 Å². The second kappa shape index (κ2) is 7.38. The van der Waals surface area contributed by atoms with Crippen molar-refractivity contribution < 1.29 is 13.5 Å². The van der Waals surface area contributed by atoms with Crippen molar-refractivity contribution in [1.29, 1.82) is 0 Å². The van der Waals surface area contributed by atoms with Gasteiger partial charge in [-0.3, -0.25) is 0 Å². The SMILES string of the molecule is CCNCc1cc(F)ccc1OCc1ccc(Cl)cc1F. The van der Waals surface area contributed by atoms with Gasteiger partial charge in [0.15, 0.2) is 0 Å². The van der Waals surface area contributed by atoms with E-state index in [-0.39, 0.29) is 12.4 Å². The van der Waals surface area contributed by atoms with Gasteiger partial charge in [-0.25, -0.2) is 8.78 Å². The summed E-state index contributed by atoms with van der Waals surface area (Å²) in [6.45, 7) is 3.28. The molecule has 0 unspecified atom stereocenters. The molecule has 0 heterocycles. The van der Waals surface area contributed by atoms with Crippen molar-refractivity contribution in [3.05, 3.63) is 64.2 Å². The van der Waals surface area contributed by atoms with Crippen molar-refractivity contribution >= 4 is 11.6 Å². The second-order valence-electron chi connectivity index (χ2n) is 4.56. The molecule has 21 heavy (non-hydrogen) atoms. The lowest BCUT2D eigenvalue weighted by atomic mass is 10.2. The van der Waals surface area contributed by atoms with Crippen molar-refractivity contribution in [3.63, 3.8) is 0 Å². The minimum atomic E-state index is -0.419. The van der Waals surface area contributed by atoms with Crippen LogP contribution in [0.3, 0.4) is 0 Å². The second-order valence-corrected chi connectivity index (χ2v) is 4.99. The van der Waals surface area contributed by atoms with E-state index in [1.54, 1.807) is 18.2 Å². The Bertz CT molecular complexity index is 619. The van der Waals surface area contributed by atoms with Gasteiger partial charge in [-0.2, -0.15) is 0 Å². The predicted octanol–water partition coefficient (Wildman–Crippen LogP) is 4.31. The Hall–Kier alpha value is -1.65. The summed E-state index contributed by atoms with van der Waals surface area (Å²) in [6.07, 6.45) is 0. The smallest absolute Gasteiger partial charge is 0.131 e. The van der Waals surface area contributed by atoms with E-state index in [9.17, 15) is 8.78 Å². The Balaban J connectivity index is 2.11. The first-order chi connectivity index (χ1) is 10.1. The summed E-state index contributed by atoms with van der Waals surface area (Å²) in [5, 5.41) is 3.45. The summed E-state index contributed by atoms with van der Waals surface area (Å²) < 4.78 is 32.6. The predicted molar refractivity (Wildman–Crippen MR) is 79.5 cm³/mol. The van der Waals surface area contributed by atoms with Gasteiger partial charge in [-0.05, 0) is 36.9 Å². The summed E-state index contributed by atoms with van der Waals surface area (Å²) in [5.74, 6) is -0.211. The monoisotopic (exact) mass is 311 g/mol. The fourth-order valence-corrected chi connectivity index (χ4v) is 2.04. The van der Waals surface area contributed by atoms with Crippen LogP contribution in [0.1, 0.15) is 18.1 Å². The van der Waals surface area contributed by atoms with Crippen LogP contribution >= 0.6 is 11.6 Å². The van der Waals surface area contributed by atoms with Gasteiger partial charge in [0.1, 0.15) is 24.0 Å². The largest absolute Gasteiger partial charge is 0.488 e. The molecule has 2 aromatic rings. The van der Waals surface area contributed by atoms with Crippen molar-refractivity contribution in [2.45, 2.75) is 20.1 Å². The van der Waals surface area contributed by atoms with Gasteiger partial charge in [-0.1, -0.05) is 24.6 Å². The highest BCUT2D eigenvalue weighted by molar-refractivity contribution is 6.30. The number of benzene rings is 2. The molecule has 2 rings (SSSR count). The zero-order chi connectivity index (χ0) is 15.2. The number of hydrogen-bond donors (Lipinski definition) is 1. The van der Waals surface area contributed by atoms with E-state index >= 15 is 0 Å². The molecule has 0 aromatic heterocycles. The molecule has 0 amide bonds. The normalized spacial score (nSPS) is 10.7. The molecule has 2 nitrogen and oxygen atoms in total. The van der Waals surface area contributed by atoms with E-state index < -0.39 is 5.82 Å². The number of rotatable bonds is 6. The van der Waals surface area contributed by atoms with E-state index in [1.165, 1.54) is 18.2 Å². The summed E-state index contributed by atoms with van der Waals surface area (Å²) in [5.41, 5.74) is 1.10. The molecule has 0 aliphatic heterocycles. The highest BCUT2D eigenvalue weighted by Gasteiger charge is 2.08. The molecule has 0 fully saturated rings. The first-order valence-electron chi connectivity index (χ1n) is 6.66. The third-order valence-electron chi connectivity index (χ3n) is 2.99. The van der Waals surface area contributed by atoms with Crippen LogP contribution in [-0.2, 0) is 13.2 Å². The third kappa shape index (κ3) is 4.41. The Morgan fingerprint density at radius 1 is 1.10 bits per heavy atom. The van der Waals surface area contributed by atoms with Gasteiger partial charge in [-0.15, -0.1) is 0 Å². The van der Waals surface area contributed by atoms with Gasteiger partial charge < -0.3 is 10.1 Å². The molecule has 112 valence electrons. The van der Waals surface area contributed by atoms with Crippen LogP contribution in [0.5, 0.6) is 5.75 Å². The molecular formula is C16H16ClF2NO. The Kier molecular flexibility index (Phi) is 5.53. The number of hydrogen-bond acceptors (Lipinski definition) is 2. The third-order valence-corrected chi connectivity index (χ3v) is 3.22. The first-order valence-corrected chi connectivity index (χ1v) is 7.04. The molecule has 5 heteroatoms. The zero-order valence-corrected chi connectivity index (χ0v) is 12.4. The quantitative estimate of drug-likeness (QED) is 0.858. The Morgan fingerprint density at radius 2 is 1.90 bits per heavy atom. The molecule has 0 aliphatic rings. The fourth-order valence-electron chi connectivity index (χ4n) is 1.88. The van der Waals surface area contributed by atoms with Crippen LogP contribution in [0.15, 0.2) is 36.4 Å².